The van der Waals surface area contributed by atoms with Crippen LogP contribution in [0, 0.1) is 0 Å². The van der Waals surface area contributed by atoms with Crippen molar-refractivity contribution in [2.75, 3.05) is 31.3 Å². The lowest BCUT2D eigenvalue weighted by atomic mass is 10.1. The van der Waals surface area contributed by atoms with Gasteiger partial charge in [0.05, 0.1) is 29.6 Å². The highest BCUT2D eigenvalue weighted by Gasteiger charge is 2.15. The molecule has 0 unspecified atom stereocenters. The normalized spacial score (nSPS) is 11.3. The molecule has 182 valence electrons. The molecule has 5 rings (SSSR count). The first-order chi connectivity index (χ1) is 17.4. The van der Waals surface area contributed by atoms with Crippen molar-refractivity contribution < 1.29 is 4.79 Å². The topological polar surface area (TPSA) is 92.9 Å². The van der Waals surface area contributed by atoms with E-state index in [0.717, 1.165) is 45.3 Å². The van der Waals surface area contributed by atoms with Gasteiger partial charge in [0.2, 0.25) is 11.9 Å². The van der Waals surface area contributed by atoms with Gasteiger partial charge >= 0.3 is 0 Å². The summed E-state index contributed by atoms with van der Waals surface area (Å²) >= 11 is 0. The van der Waals surface area contributed by atoms with Crippen LogP contribution in [0.15, 0.2) is 73.7 Å². The molecule has 2 aromatic carbocycles. The zero-order valence-corrected chi connectivity index (χ0v) is 20.6. The standard InChI is InChI=1S/C27H28N8O/c1-5-25(36)30-19-14-18-16-29-35(13-12-33(2)3)26(18)23(15-19)32-27-28-11-10-22(31-27)21-17-34(4)24-9-7-6-8-20(21)24/h5-11,14-17H,1,12-13H2,2-4H3,(H,30,36)(H,28,31,32). The van der Waals surface area contributed by atoms with Crippen molar-refractivity contribution in [2.24, 2.45) is 7.05 Å². The SMILES string of the molecule is C=CC(=O)Nc1cc(Nc2nccc(-c3cn(C)c4ccccc34)n2)c2c(cnn2CCN(C)C)c1. The molecule has 0 aliphatic rings. The first kappa shape index (κ1) is 23.3. The summed E-state index contributed by atoms with van der Waals surface area (Å²) in [6, 6.07) is 13.9. The Bertz CT molecular complexity index is 1580. The van der Waals surface area contributed by atoms with E-state index in [4.69, 9.17) is 4.98 Å². The van der Waals surface area contributed by atoms with E-state index < -0.39 is 0 Å². The molecule has 3 aromatic heterocycles. The summed E-state index contributed by atoms with van der Waals surface area (Å²) in [6.07, 6.45) is 6.87. The molecule has 0 atom stereocenters. The van der Waals surface area contributed by atoms with Crippen LogP contribution in [-0.2, 0) is 18.4 Å². The van der Waals surface area contributed by atoms with Gasteiger partial charge in [0.1, 0.15) is 0 Å². The zero-order chi connectivity index (χ0) is 25.2. The molecule has 9 nitrogen and oxygen atoms in total. The van der Waals surface area contributed by atoms with Crippen molar-refractivity contribution in [1.29, 1.82) is 0 Å². The number of carbonyl (C=O) groups excluding carboxylic acids is 1. The minimum absolute atomic E-state index is 0.283. The summed E-state index contributed by atoms with van der Waals surface area (Å²) in [5.41, 5.74) is 5.28. The Morgan fingerprint density at radius 3 is 2.83 bits per heavy atom. The average molecular weight is 481 g/mol. The highest BCUT2D eigenvalue weighted by molar-refractivity contribution is 6.03. The molecule has 36 heavy (non-hydrogen) atoms. The van der Waals surface area contributed by atoms with Crippen LogP contribution in [0.4, 0.5) is 17.3 Å². The Morgan fingerprint density at radius 1 is 1.19 bits per heavy atom. The zero-order valence-electron chi connectivity index (χ0n) is 20.6. The number of rotatable bonds is 8. The summed E-state index contributed by atoms with van der Waals surface area (Å²) in [5.74, 6) is 0.170. The summed E-state index contributed by atoms with van der Waals surface area (Å²) in [4.78, 5) is 23.4. The Balaban J connectivity index is 1.56. The van der Waals surface area contributed by atoms with Crippen LogP contribution in [0.3, 0.4) is 0 Å². The molecule has 0 aliphatic carbocycles. The molecular weight excluding hydrogens is 452 g/mol. The lowest BCUT2D eigenvalue weighted by Crippen LogP contribution is -2.19. The van der Waals surface area contributed by atoms with Crippen LogP contribution in [0.25, 0.3) is 33.1 Å². The summed E-state index contributed by atoms with van der Waals surface area (Å²) in [6.45, 7) is 5.09. The third-order valence-corrected chi connectivity index (χ3v) is 6.02. The number of hydrogen-bond acceptors (Lipinski definition) is 6. The summed E-state index contributed by atoms with van der Waals surface area (Å²) in [7, 11) is 6.08. The minimum atomic E-state index is -0.283. The van der Waals surface area contributed by atoms with Crippen molar-refractivity contribution in [3.63, 3.8) is 0 Å². The Labute approximate surface area is 209 Å². The number of nitrogens with one attached hydrogen (secondary N) is 2. The van der Waals surface area contributed by atoms with E-state index in [1.54, 1.807) is 12.4 Å². The summed E-state index contributed by atoms with van der Waals surface area (Å²) in [5, 5.41) is 12.8. The average Bonchev–Trinajstić information content (AvgIpc) is 3.44. The number of para-hydroxylation sites is 1. The molecule has 3 heterocycles. The first-order valence-corrected chi connectivity index (χ1v) is 11.6. The molecule has 0 bridgehead atoms. The van der Waals surface area contributed by atoms with Crippen LogP contribution in [0.5, 0.6) is 0 Å². The molecule has 9 heteroatoms. The number of carbonyl (C=O) groups is 1. The fourth-order valence-corrected chi connectivity index (χ4v) is 4.29. The number of nitrogens with zero attached hydrogens (tertiary/aromatic N) is 6. The van der Waals surface area contributed by atoms with Crippen molar-refractivity contribution in [2.45, 2.75) is 6.54 Å². The van der Waals surface area contributed by atoms with E-state index in [1.807, 2.05) is 56.2 Å². The number of hydrogen-bond donors (Lipinski definition) is 2. The van der Waals surface area contributed by atoms with Crippen molar-refractivity contribution >= 4 is 45.0 Å². The van der Waals surface area contributed by atoms with Crippen molar-refractivity contribution in [3.8, 4) is 11.3 Å². The van der Waals surface area contributed by atoms with E-state index in [1.165, 1.54) is 6.08 Å². The third kappa shape index (κ3) is 4.56. The van der Waals surface area contributed by atoms with Crippen LogP contribution < -0.4 is 10.6 Å². The fraction of sp³-hybridized carbons (Fsp3) is 0.185. The van der Waals surface area contributed by atoms with E-state index in [9.17, 15) is 4.79 Å². The van der Waals surface area contributed by atoms with Crippen molar-refractivity contribution in [1.82, 2.24) is 29.2 Å². The van der Waals surface area contributed by atoms with Gasteiger partial charge in [-0.15, -0.1) is 0 Å². The van der Waals surface area contributed by atoms with Gasteiger partial charge in [-0.05, 0) is 44.4 Å². The maximum atomic E-state index is 12.0. The van der Waals surface area contributed by atoms with E-state index in [-0.39, 0.29) is 5.91 Å². The van der Waals surface area contributed by atoms with Gasteiger partial charge in [0.25, 0.3) is 0 Å². The maximum Gasteiger partial charge on any atom is 0.247 e. The molecular formula is C27H28N8O. The van der Waals surface area contributed by atoms with Crippen LogP contribution in [0.1, 0.15) is 0 Å². The molecule has 5 aromatic rings. The number of benzene rings is 2. The Hall–Kier alpha value is -4.50. The number of fused-ring (bicyclic) bond motifs is 2. The molecule has 0 fully saturated rings. The fourth-order valence-electron chi connectivity index (χ4n) is 4.29. The van der Waals surface area contributed by atoms with Gasteiger partial charge in [-0.1, -0.05) is 24.8 Å². The van der Waals surface area contributed by atoms with E-state index >= 15 is 0 Å². The van der Waals surface area contributed by atoms with E-state index in [2.05, 4.69) is 55.1 Å². The van der Waals surface area contributed by atoms with Crippen LogP contribution in [-0.4, -0.2) is 55.8 Å². The molecule has 1 amide bonds. The molecule has 0 saturated heterocycles. The predicted octanol–water partition coefficient (Wildman–Crippen LogP) is 4.41. The first-order valence-electron chi connectivity index (χ1n) is 11.6. The molecule has 0 saturated carbocycles. The second-order valence-corrected chi connectivity index (χ2v) is 8.89. The monoisotopic (exact) mass is 480 g/mol. The summed E-state index contributed by atoms with van der Waals surface area (Å²) < 4.78 is 4.05. The Morgan fingerprint density at radius 2 is 2.03 bits per heavy atom. The molecule has 0 aliphatic heterocycles. The molecule has 0 radical (unpaired) electrons. The second kappa shape index (κ2) is 9.63. The van der Waals surface area contributed by atoms with Crippen LogP contribution >= 0.6 is 0 Å². The minimum Gasteiger partial charge on any atom is -0.350 e. The second-order valence-electron chi connectivity index (χ2n) is 8.89. The Kier molecular flexibility index (Phi) is 6.22. The van der Waals surface area contributed by atoms with Crippen LogP contribution in [0.2, 0.25) is 0 Å². The molecule has 2 N–H and O–H groups in total. The number of anilines is 3. The third-order valence-electron chi connectivity index (χ3n) is 6.02. The quantitative estimate of drug-likeness (QED) is 0.320. The molecule has 0 spiro atoms. The number of amides is 1. The lowest BCUT2D eigenvalue weighted by molar-refractivity contribution is -0.111. The highest BCUT2D eigenvalue weighted by Crippen LogP contribution is 2.32. The van der Waals surface area contributed by atoms with Gasteiger partial charge in [0, 0.05) is 53.5 Å². The lowest BCUT2D eigenvalue weighted by Gasteiger charge is -2.14. The number of aromatic nitrogens is 5. The van der Waals surface area contributed by atoms with E-state index in [0.29, 0.717) is 18.2 Å². The number of aryl methyl sites for hydroxylation is 1. The highest BCUT2D eigenvalue weighted by atomic mass is 16.1. The van der Waals surface area contributed by atoms with Gasteiger partial charge in [-0.2, -0.15) is 5.10 Å². The maximum absolute atomic E-state index is 12.0. The smallest absolute Gasteiger partial charge is 0.247 e. The van der Waals surface area contributed by atoms with Gasteiger partial charge in [-0.3, -0.25) is 9.48 Å². The van der Waals surface area contributed by atoms with Gasteiger partial charge in [0.15, 0.2) is 0 Å². The van der Waals surface area contributed by atoms with Crippen molar-refractivity contribution in [3.05, 3.63) is 73.7 Å². The van der Waals surface area contributed by atoms with Gasteiger partial charge < -0.3 is 20.1 Å². The predicted molar refractivity (Wildman–Crippen MR) is 144 cm³/mol. The number of likely N-dealkylation sites (N-methyl/N-ethyl adjacent to an activating group) is 1. The van der Waals surface area contributed by atoms with Gasteiger partial charge in [-0.25, -0.2) is 9.97 Å². The largest absolute Gasteiger partial charge is 0.350 e.